The molecule has 1 aliphatic heterocycles. The van der Waals surface area contributed by atoms with Crippen molar-refractivity contribution in [3.05, 3.63) is 29.8 Å². The number of rotatable bonds is 10. The Morgan fingerprint density at radius 3 is 2.81 bits per heavy atom. The Morgan fingerprint density at radius 2 is 2.06 bits per heavy atom. The number of nitrogens with zero attached hydrogens (tertiary/aromatic N) is 1. The van der Waals surface area contributed by atoms with Crippen LogP contribution in [0.25, 0.3) is 0 Å². The van der Waals surface area contributed by atoms with E-state index in [-0.39, 0.29) is 24.0 Å². The fourth-order valence-corrected chi connectivity index (χ4v) is 3.24. The molecule has 170 valence electrons. The first-order valence-corrected chi connectivity index (χ1v) is 10.7. The molecule has 10 heteroatoms. The first kappa shape index (κ1) is 24.5. The van der Waals surface area contributed by atoms with Crippen LogP contribution in [0.2, 0.25) is 0 Å². The van der Waals surface area contributed by atoms with Crippen molar-refractivity contribution in [2.45, 2.75) is 32.7 Å². The molecule has 0 radical (unpaired) electrons. The fourth-order valence-electron chi connectivity index (χ4n) is 2.92. The summed E-state index contributed by atoms with van der Waals surface area (Å²) in [5, 5.41) is 5.43. The molecular weight excluding hydrogens is 422 g/mol. The minimum atomic E-state index is -0.834. The molecule has 1 atom stereocenters. The predicted molar refractivity (Wildman–Crippen MR) is 118 cm³/mol. The molecule has 1 saturated heterocycles. The zero-order valence-corrected chi connectivity index (χ0v) is 18.7. The molecule has 1 aromatic rings. The highest BCUT2D eigenvalue weighted by Crippen LogP contribution is 2.15. The summed E-state index contributed by atoms with van der Waals surface area (Å²) < 4.78 is 15.9. The Bertz CT molecular complexity index is 788. The number of benzene rings is 1. The third-order valence-corrected chi connectivity index (χ3v) is 4.77. The maximum atomic E-state index is 12.7. The molecule has 9 nitrogen and oxygen atoms in total. The van der Waals surface area contributed by atoms with Crippen molar-refractivity contribution >= 4 is 35.1 Å². The number of carbonyl (C=O) groups excluding carboxylic acids is 3. The predicted octanol–water partition coefficient (Wildman–Crippen LogP) is 1.26. The number of hydrogen-bond acceptors (Lipinski definition) is 7. The molecule has 2 amide bonds. The van der Waals surface area contributed by atoms with Crippen LogP contribution in [0.1, 0.15) is 37.0 Å². The number of amides is 2. The summed E-state index contributed by atoms with van der Waals surface area (Å²) in [5.41, 5.74) is 0.358. The largest absolute Gasteiger partial charge is 0.491 e. The Kier molecular flexibility index (Phi) is 10.2. The first-order chi connectivity index (χ1) is 15.0. The van der Waals surface area contributed by atoms with Crippen molar-refractivity contribution in [1.29, 1.82) is 0 Å². The Morgan fingerprint density at radius 1 is 1.26 bits per heavy atom. The van der Waals surface area contributed by atoms with Crippen molar-refractivity contribution in [2.75, 3.05) is 39.5 Å². The number of carbonyl (C=O) groups is 3. The second-order valence-electron chi connectivity index (χ2n) is 6.76. The van der Waals surface area contributed by atoms with Crippen LogP contribution in [-0.4, -0.2) is 73.4 Å². The lowest BCUT2D eigenvalue weighted by Crippen LogP contribution is -2.60. The summed E-state index contributed by atoms with van der Waals surface area (Å²) in [5.74, 6) is -0.716. The number of ether oxygens (including phenoxy) is 3. The van der Waals surface area contributed by atoms with Gasteiger partial charge < -0.3 is 24.4 Å². The lowest BCUT2D eigenvalue weighted by Gasteiger charge is -2.36. The van der Waals surface area contributed by atoms with Crippen molar-refractivity contribution in [3.63, 3.8) is 0 Å². The number of esters is 1. The van der Waals surface area contributed by atoms with Crippen LogP contribution in [0.4, 0.5) is 0 Å². The van der Waals surface area contributed by atoms with Gasteiger partial charge in [0.1, 0.15) is 18.4 Å². The van der Waals surface area contributed by atoms with Gasteiger partial charge in [-0.25, -0.2) is 0 Å². The van der Waals surface area contributed by atoms with Gasteiger partial charge in [-0.2, -0.15) is 0 Å². The molecule has 2 rings (SSSR count). The molecule has 1 fully saturated rings. The van der Waals surface area contributed by atoms with Crippen LogP contribution >= 0.6 is 12.2 Å². The number of piperazine rings is 1. The van der Waals surface area contributed by atoms with Gasteiger partial charge in [-0.05, 0) is 43.8 Å². The second kappa shape index (κ2) is 12.9. The van der Waals surface area contributed by atoms with Crippen LogP contribution in [-0.2, 0) is 19.1 Å². The van der Waals surface area contributed by atoms with Crippen LogP contribution < -0.4 is 15.4 Å². The van der Waals surface area contributed by atoms with Gasteiger partial charge in [0.25, 0.3) is 5.91 Å². The molecule has 0 spiro atoms. The number of nitrogens with one attached hydrogen (secondary N) is 2. The average Bonchev–Trinajstić information content (AvgIpc) is 2.76. The van der Waals surface area contributed by atoms with Crippen molar-refractivity contribution in [1.82, 2.24) is 15.5 Å². The quantitative estimate of drug-likeness (QED) is 0.311. The Labute approximate surface area is 187 Å². The van der Waals surface area contributed by atoms with E-state index >= 15 is 0 Å². The van der Waals surface area contributed by atoms with E-state index in [2.05, 4.69) is 10.6 Å². The topological polar surface area (TPSA) is 106 Å². The zero-order chi connectivity index (χ0) is 22.6. The van der Waals surface area contributed by atoms with E-state index in [4.69, 9.17) is 26.4 Å². The average molecular weight is 452 g/mol. The van der Waals surface area contributed by atoms with E-state index in [9.17, 15) is 14.4 Å². The molecule has 1 heterocycles. The van der Waals surface area contributed by atoms with Crippen LogP contribution in [0.15, 0.2) is 24.3 Å². The van der Waals surface area contributed by atoms with Gasteiger partial charge in [-0.3, -0.25) is 19.7 Å². The van der Waals surface area contributed by atoms with E-state index < -0.39 is 17.9 Å². The summed E-state index contributed by atoms with van der Waals surface area (Å²) in [7, 11) is 0. The normalized spacial score (nSPS) is 15.7. The fraction of sp³-hybridized carbons (Fsp3) is 0.524. The molecule has 2 N–H and O–H groups in total. The van der Waals surface area contributed by atoms with Gasteiger partial charge in [0.15, 0.2) is 5.11 Å². The molecule has 1 aliphatic rings. The van der Waals surface area contributed by atoms with Gasteiger partial charge in [-0.1, -0.05) is 13.0 Å². The van der Waals surface area contributed by atoms with Gasteiger partial charge in [0.05, 0.1) is 19.6 Å². The van der Waals surface area contributed by atoms with E-state index in [1.54, 1.807) is 29.2 Å². The summed E-state index contributed by atoms with van der Waals surface area (Å²) >= 11 is 5.37. The molecule has 0 saturated carbocycles. The van der Waals surface area contributed by atoms with Gasteiger partial charge in [0.2, 0.25) is 5.91 Å². The molecule has 0 aliphatic carbocycles. The van der Waals surface area contributed by atoms with E-state index in [0.717, 1.165) is 0 Å². The van der Waals surface area contributed by atoms with Gasteiger partial charge in [-0.15, -0.1) is 0 Å². The SMILES string of the molecule is CCCOC(=O)CC1C(=O)NCCN1C(=S)NC(=O)c1cccc(OCCOCC)c1. The minimum absolute atomic E-state index is 0.0795. The lowest BCUT2D eigenvalue weighted by molar-refractivity contribution is -0.147. The van der Waals surface area contributed by atoms with Gasteiger partial charge >= 0.3 is 5.97 Å². The lowest BCUT2D eigenvalue weighted by atomic mass is 10.1. The van der Waals surface area contributed by atoms with E-state index in [0.29, 0.717) is 50.6 Å². The molecule has 1 unspecified atom stereocenters. The zero-order valence-electron chi connectivity index (χ0n) is 17.8. The standard InChI is InChI=1S/C21H29N3O6S/c1-3-10-30-18(25)14-17-20(27)22-8-9-24(17)21(31)23-19(26)15-6-5-7-16(13-15)29-12-11-28-4-2/h5-7,13,17H,3-4,8-12,14H2,1-2H3,(H,22,27)(H,23,26,31). The smallest absolute Gasteiger partial charge is 0.308 e. The monoisotopic (exact) mass is 451 g/mol. The first-order valence-electron chi connectivity index (χ1n) is 10.3. The maximum absolute atomic E-state index is 12.7. The van der Waals surface area contributed by atoms with Gasteiger partial charge in [0, 0.05) is 25.3 Å². The highest BCUT2D eigenvalue weighted by atomic mass is 32.1. The Hall–Kier alpha value is -2.72. The maximum Gasteiger partial charge on any atom is 0.308 e. The molecule has 31 heavy (non-hydrogen) atoms. The van der Waals surface area contributed by atoms with E-state index in [1.807, 2.05) is 13.8 Å². The summed E-state index contributed by atoms with van der Waals surface area (Å²) in [6, 6.07) is 5.85. The van der Waals surface area contributed by atoms with Crippen LogP contribution in [0, 0.1) is 0 Å². The number of thiocarbonyl (C=S) groups is 1. The second-order valence-corrected chi connectivity index (χ2v) is 7.14. The third kappa shape index (κ3) is 7.80. The van der Waals surface area contributed by atoms with Crippen molar-refractivity contribution in [2.24, 2.45) is 0 Å². The van der Waals surface area contributed by atoms with Crippen molar-refractivity contribution in [3.8, 4) is 5.75 Å². The molecule has 0 aromatic heterocycles. The molecule has 1 aromatic carbocycles. The highest BCUT2D eigenvalue weighted by molar-refractivity contribution is 7.80. The highest BCUT2D eigenvalue weighted by Gasteiger charge is 2.34. The minimum Gasteiger partial charge on any atom is -0.491 e. The van der Waals surface area contributed by atoms with Crippen molar-refractivity contribution < 1.29 is 28.6 Å². The Balaban J connectivity index is 1.99. The summed E-state index contributed by atoms with van der Waals surface area (Å²) in [4.78, 5) is 38.5. The summed E-state index contributed by atoms with van der Waals surface area (Å²) in [6.07, 6.45) is 0.542. The number of hydrogen-bond donors (Lipinski definition) is 2. The third-order valence-electron chi connectivity index (χ3n) is 4.44. The van der Waals surface area contributed by atoms with Crippen LogP contribution in [0.3, 0.4) is 0 Å². The van der Waals surface area contributed by atoms with E-state index in [1.165, 1.54) is 0 Å². The van der Waals surface area contributed by atoms with Crippen LogP contribution in [0.5, 0.6) is 5.75 Å². The summed E-state index contributed by atoms with van der Waals surface area (Å²) in [6.45, 7) is 6.24. The molecular formula is C21H29N3O6S. The molecule has 0 bridgehead atoms.